The van der Waals surface area contributed by atoms with E-state index in [1.54, 1.807) is 18.4 Å². The van der Waals surface area contributed by atoms with Gasteiger partial charge in [-0.1, -0.05) is 37.3 Å². The summed E-state index contributed by atoms with van der Waals surface area (Å²) in [5.74, 6) is 0.829. The molecule has 0 fully saturated rings. The molecule has 0 atom stereocenters. The quantitative estimate of drug-likeness (QED) is 0.415. The number of rotatable bonds is 9. The van der Waals surface area contributed by atoms with Crippen molar-refractivity contribution in [2.24, 2.45) is 4.99 Å². The Morgan fingerprint density at radius 1 is 1.12 bits per heavy atom. The first-order valence-corrected chi connectivity index (χ1v) is 9.33. The average Bonchev–Trinajstić information content (AvgIpc) is 3.12. The number of hydrogen-bond donors (Lipinski definition) is 2. The highest BCUT2D eigenvalue weighted by atomic mass is 32.1. The molecule has 0 aliphatic rings. The zero-order chi connectivity index (χ0) is 17.0. The third kappa shape index (κ3) is 6.34. The van der Waals surface area contributed by atoms with E-state index < -0.39 is 0 Å². The number of hydrogen-bond acceptors (Lipinski definition) is 3. The molecule has 0 aliphatic heterocycles. The molecule has 4 nitrogen and oxygen atoms in total. The first-order valence-electron chi connectivity index (χ1n) is 8.45. The number of thiophene rings is 1. The maximum atomic E-state index is 5.68. The predicted octanol–water partition coefficient (Wildman–Crippen LogP) is 3.58. The lowest BCUT2D eigenvalue weighted by Gasteiger charge is -2.14. The van der Waals surface area contributed by atoms with E-state index in [4.69, 9.17) is 4.74 Å². The summed E-state index contributed by atoms with van der Waals surface area (Å²) in [6.45, 7) is 5.20. The van der Waals surface area contributed by atoms with Crippen molar-refractivity contribution in [1.82, 2.24) is 10.6 Å². The SMILES string of the molecule is CCCOCc1ccccc1CNC(=NC)NCCc1cccs1. The van der Waals surface area contributed by atoms with Crippen molar-refractivity contribution in [1.29, 1.82) is 0 Å². The fourth-order valence-corrected chi connectivity index (χ4v) is 3.06. The van der Waals surface area contributed by atoms with Crippen LogP contribution in [-0.4, -0.2) is 26.2 Å². The van der Waals surface area contributed by atoms with Gasteiger partial charge in [-0.3, -0.25) is 4.99 Å². The van der Waals surface area contributed by atoms with Crippen LogP contribution in [0, 0.1) is 0 Å². The van der Waals surface area contributed by atoms with Crippen LogP contribution in [0.3, 0.4) is 0 Å². The zero-order valence-corrected chi connectivity index (χ0v) is 15.4. The van der Waals surface area contributed by atoms with Crippen molar-refractivity contribution in [2.75, 3.05) is 20.2 Å². The summed E-state index contributed by atoms with van der Waals surface area (Å²) in [5, 5.41) is 8.86. The van der Waals surface area contributed by atoms with Gasteiger partial charge >= 0.3 is 0 Å². The van der Waals surface area contributed by atoms with Gasteiger partial charge in [0.2, 0.25) is 0 Å². The Balaban J connectivity index is 1.79. The van der Waals surface area contributed by atoms with Crippen LogP contribution < -0.4 is 10.6 Å². The molecule has 0 unspecified atom stereocenters. The first kappa shape index (κ1) is 18.5. The highest BCUT2D eigenvalue weighted by Gasteiger charge is 2.04. The lowest BCUT2D eigenvalue weighted by Crippen LogP contribution is -2.38. The molecule has 1 aromatic carbocycles. The average molecular weight is 346 g/mol. The van der Waals surface area contributed by atoms with E-state index in [-0.39, 0.29) is 0 Å². The molecule has 0 amide bonds. The van der Waals surface area contributed by atoms with Crippen molar-refractivity contribution >= 4 is 17.3 Å². The fraction of sp³-hybridized carbons (Fsp3) is 0.421. The van der Waals surface area contributed by atoms with Crippen molar-refractivity contribution < 1.29 is 4.74 Å². The molecule has 0 bridgehead atoms. The lowest BCUT2D eigenvalue weighted by molar-refractivity contribution is 0.121. The molecule has 2 aromatic rings. The molecular weight excluding hydrogens is 318 g/mol. The standard InChI is InChI=1S/C19H27N3OS/c1-3-12-23-15-17-8-5-4-7-16(17)14-22-19(20-2)21-11-10-18-9-6-13-24-18/h4-9,13H,3,10-12,14-15H2,1-2H3,(H2,20,21,22). The van der Waals surface area contributed by atoms with Crippen LogP contribution in [0.2, 0.25) is 0 Å². The van der Waals surface area contributed by atoms with E-state index >= 15 is 0 Å². The smallest absolute Gasteiger partial charge is 0.191 e. The van der Waals surface area contributed by atoms with Crippen molar-refractivity contribution in [2.45, 2.75) is 32.9 Å². The molecule has 0 saturated heterocycles. The van der Waals surface area contributed by atoms with Crippen LogP contribution in [0.25, 0.3) is 0 Å². The molecule has 0 radical (unpaired) electrons. The highest BCUT2D eigenvalue weighted by Crippen LogP contribution is 2.10. The number of guanidine groups is 1. The molecule has 5 heteroatoms. The van der Waals surface area contributed by atoms with E-state index in [0.717, 1.165) is 38.5 Å². The van der Waals surface area contributed by atoms with E-state index in [1.807, 2.05) is 0 Å². The number of aliphatic imine (C=N–C) groups is 1. The topological polar surface area (TPSA) is 45.6 Å². The monoisotopic (exact) mass is 345 g/mol. The van der Waals surface area contributed by atoms with Crippen molar-refractivity contribution in [3.8, 4) is 0 Å². The van der Waals surface area contributed by atoms with Gasteiger partial charge in [-0.25, -0.2) is 0 Å². The number of nitrogens with one attached hydrogen (secondary N) is 2. The molecule has 2 N–H and O–H groups in total. The van der Waals surface area contributed by atoms with Crippen molar-refractivity contribution in [3.63, 3.8) is 0 Å². The molecule has 0 aliphatic carbocycles. The molecule has 2 rings (SSSR count). The second-order valence-corrected chi connectivity index (χ2v) is 6.54. The summed E-state index contributed by atoms with van der Waals surface area (Å²) in [4.78, 5) is 5.68. The summed E-state index contributed by atoms with van der Waals surface area (Å²) >= 11 is 1.79. The summed E-state index contributed by atoms with van der Waals surface area (Å²) in [7, 11) is 1.80. The summed E-state index contributed by atoms with van der Waals surface area (Å²) < 4.78 is 5.68. The number of benzene rings is 1. The minimum atomic E-state index is 0.663. The molecule has 130 valence electrons. The van der Waals surface area contributed by atoms with E-state index in [9.17, 15) is 0 Å². The minimum absolute atomic E-state index is 0.663. The maximum Gasteiger partial charge on any atom is 0.191 e. The van der Waals surface area contributed by atoms with Gasteiger partial charge in [0.15, 0.2) is 5.96 Å². The number of nitrogens with zero attached hydrogens (tertiary/aromatic N) is 1. The van der Waals surface area contributed by atoms with Crippen LogP contribution in [-0.2, 0) is 24.3 Å². The predicted molar refractivity (Wildman–Crippen MR) is 103 cm³/mol. The van der Waals surface area contributed by atoms with Gasteiger partial charge in [0.05, 0.1) is 6.61 Å². The van der Waals surface area contributed by atoms with Gasteiger partial charge in [0, 0.05) is 31.6 Å². The lowest BCUT2D eigenvalue weighted by atomic mass is 10.1. The second kappa shape index (κ2) is 10.8. The van der Waals surface area contributed by atoms with Gasteiger partial charge in [-0.15, -0.1) is 11.3 Å². The van der Waals surface area contributed by atoms with Crippen LogP contribution in [0.1, 0.15) is 29.3 Å². The van der Waals surface area contributed by atoms with Gasteiger partial charge in [0.1, 0.15) is 0 Å². The number of ether oxygens (including phenoxy) is 1. The molecule has 24 heavy (non-hydrogen) atoms. The third-order valence-corrected chi connectivity index (χ3v) is 4.57. The Kier molecular flexibility index (Phi) is 8.35. The van der Waals surface area contributed by atoms with Crippen LogP contribution in [0.15, 0.2) is 46.8 Å². The van der Waals surface area contributed by atoms with E-state index in [2.05, 4.69) is 64.3 Å². The largest absolute Gasteiger partial charge is 0.377 e. The Hall–Kier alpha value is -1.85. The second-order valence-electron chi connectivity index (χ2n) is 5.50. The Bertz CT molecular complexity index is 611. The van der Waals surface area contributed by atoms with Gasteiger partial charge in [0.25, 0.3) is 0 Å². The van der Waals surface area contributed by atoms with E-state index in [0.29, 0.717) is 6.61 Å². The maximum absolute atomic E-state index is 5.68. The van der Waals surface area contributed by atoms with Gasteiger partial charge < -0.3 is 15.4 Å². The third-order valence-electron chi connectivity index (χ3n) is 3.64. The molecule has 1 heterocycles. The summed E-state index contributed by atoms with van der Waals surface area (Å²) in [6, 6.07) is 12.6. The molecule has 1 aromatic heterocycles. The Labute approximate surface area is 149 Å². The van der Waals surface area contributed by atoms with Crippen LogP contribution >= 0.6 is 11.3 Å². The summed E-state index contributed by atoms with van der Waals surface area (Å²) in [5.41, 5.74) is 2.47. The molecular formula is C19H27N3OS. The first-order chi connectivity index (χ1) is 11.8. The van der Waals surface area contributed by atoms with Crippen molar-refractivity contribution in [3.05, 3.63) is 57.8 Å². The molecule has 0 saturated carbocycles. The Morgan fingerprint density at radius 2 is 1.96 bits per heavy atom. The normalized spacial score (nSPS) is 11.5. The minimum Gasteiger partial charge on any atom is -0.377 e. The highest BCUT2D eigenvalue weighted by molar-refractivity contribution is 7.09. The fourth-order valence-electron chi connectivity index (χ4n) is 2.36. The summed E-state index contributed by atoms with van der Waals surface area (Å²) in [6.07, 6.45) is 2.06. The van der Waals surface area contributed by atoms with Crippen LogP contribution in [0.5, 0.6) is 0 Å². The Morgan fingerprint density at radius 3 is 2.67 bits per heavy atom. The van der Waals surface area contributed by atoms with Gasteiger partial charge in [-0.2, -0.15) is 0 Å². The van der Waals surface area contributed by atoms with Gasteiger partial charge in [-0.05, 0) is 35.4 Å². The molecule has 0 spiro atoms. The zero-order valence-electron chi connectivity index (χ0n) is 14.5. The van der Waals surface area contributed by atoms with E-state index in [1.165, 1.54) is 16.0 Å². The van der Waals surface area contributed by atoms with Crippen LogP contribution in [0.4, 0.5) is 0 Å².